The zero-order valence-electron chi connectivity index (χ0n) is 17.0. The summed E-state index contributed by atoms with van der Waals surface area (Å²) in [6, 6.07) is 0. The quantitative estimate of drug-likeness (QED) is 0.287. The third kappa shape index (κ3) is 5.81. The molecule has 2 aliphatic rings. The Morgan fingerprint density at radius 3 is 2.68 bits per heavy atom. The van der Waals surface area contributed by atoms with E-state index < -0.39 is 0 Å². The van der Waals surface area contributed by atoms with Crippen molar-refractivity contribution in [3.63, 3.8) is 0 Å². The highest BCUT2D eigenvalue weighted by Crippen LogP contribution is 2.19. The third-order valence-electron chi connectivity index (χ3n) is 5.31. The molecule has 0 aliphatic carbocycles. The van der Waals surface area contributed by atoms with Gasteiger partial charge in [-0.3, -0.25) is 4.79 Å². The molecule has 0 atom stereocenters. The van der Waals surface area contributed by atoms with Crippen LogP contribution in [-0.4, -0.2) is 57.8 Å². The number of guanidine groups is 1. The van der Waals surface area contributed by atoms with Gasteiger partial charge in [-0.05, 0) is 39.5 Å². The Labute approximate surface area is 184 Å². The van der Waals surface area contributed by atoms with Crippen molar-refractivity contribution in [1.82, 2.24) is 25.0 Å². The standard InChI is InChI=1S/C19H32N6O2.HI/c1-3-20-19(24-12-9-15(10-13-24)18(26)27-4-2)21-14-17-23-22-16-8-6-5-7-11-25(16)17;/h15H,3-14H2,1-2H3,(H,20,21);1H. The first-order valence-corrected chi connectivity index (χ1v) is 10.3. The molecule has 0 amide bonds. The topological polar surface area (TPSA) is 84.6 Å². The molecular weight excluding hydrogens is 471 g/mol. The van der Waals surface area contributed by atoms with E-state index in [0.29, 0.717) is 13.2 Å². The van der Waals surface area contributed by atoms with Crippen LogP contribution in [0.25, 0.3) is 0 Å². The fourth-order valence-electron chi connectivity index (χ4n) is 3.82. The van der Waals surface area contributed by atoms with Gasteiger partial charge in [-0.25, -0.2) is 4.99 Å². The lowest BCUT2D eigenvalue weighted by Crippen LogP contribution is -2.46. The molecule has 0 bridgehead atoms. The Kier molecular flexibility index (Phi) is 9.46. The maximum Gasteiger partial charge on any atom is 0.309 e. The van der Waals surface area contributed by atoms with E-state index in [1.807, 2.05) is 6.92 Å². The summed E-state index contributed by atoms with van der Waals surface area (Å²) in [5.41, 5.74) is 0. The van der Waals surface area contributed by atoms with E-state index in [1.165, 1.54) is 19.3 Å². The number of carbonyl (C=O) groups is 1. The molecule has 3 heterocycles. The molecule has 9 heteroatoms. The van der Waals surface area contributed by atoms with Gasteiger partial charge >= 0.3 is 5.97 Å². The molecule has 1 fully saturated rings. The number of carbonyl (C=O) groups excluding carboxylic acids is 1. The number of aryl methyl sites for hydroxylation is 1. The Balaban J connectivity index is 0.00000280. The number of hydrogen-bond donors (Lipinski definition) is 1. The van der Waals surface area contributed by atoms with Crippen LogP contribution in [0.15, 0.2) is 4.99 Å². The molecule has 158 valence electrons. The number of aromatic nitrogens is 3. The molecule has 0 unspecified atom stereocenters. The summed E-state index contributed by atoms with van der Waals surface area (Å²) < 4.78 is 7.41. The highest BCUT2D eigenvalue weighted by Gasteiger charge is 2.27. The summed E-state index contributed by atoms with van der Waals surface area (Å²) in [6.45, 7) is 8.35. The van der Waals surface area contributed by atoms with Crippen LogP contribution in [0.5, 0.6) is 0 Å². The first-order valence-electron chi connectivity index (χ1n) is 10.3. The smallest absolute Gasteiger partial charge is 0.309 e. The molecule has 0 saturated carbocycles. The predicted molar refractivity (Wildman–Crippen MR) is 119 cm³/mol. The molecule has 1 aromatic heterocycles. The Morgan fingerprint density at radius 2 is 1.96 bits per heavy atom. The monoisotopic (exact) mass is 504 g/mol. The van der Waals surface area contributed by atoms with Crippen LogP contribution in [-0.2, 0) is 29.0 Å². The zero-order valence-corrected chi connectivity index (χ0v) is 19.4. The molecule has 3 rings (SSSR count). The van der Waals surface area contributed by atoms with E-state index in [2.05, 4.69) is 31.9 Å². The van der Waals surface area contributed by atoms with Gasteiger partial charge in [0.1, 0.15) is 12.4 Å². The largest absolute Gasteiger partial charge is 0.466 e. The zero-order chi connectivity index (χ0) is 19.1. The first kappa shape index (κ1) is 22.9. The molecule has 0 radical (unpaired) electrons. The normalized spacial score (nSPS) is 18.1. The number of esters is 1. The van der Waals surface area contributed by atoms with Crippen LogP contribution in [0.2, 0.25) is 0 Å². The minimum Gasteiger partial charge on any atom is -0.466 e. The van der Waals surface area contributed by atoms with Crippen molar-refractivity contribution in [2.45, 2.75) is 65.5 Å². The number of fused-ring (bicyclic) bond motifs is 1. The summed E-state index contributed by atoms with van der Waals surface area (Å²) in [7, 11) is 0. The number of nitrogens with zero attached hydrogens (tertiary/aromatic N) is 5. The average Bonchev–Trinajstić information content (AvgIpc) is 2.91. The maximum absolute atomic E-state index is 11.9. The van der Waals surface area contributed by atoms with Crippen molar-refractivity contribution in [3.8, 4) is 0 Å². The van der Waals surface area contributed by atoms with Gasteiger partial charge in [0.2, 0.25) is 0 Å². The lowest BCUT2D eigenvalue weighted by molar-refractivity contribution is -0.149. The van der Waals surface area contributed by atoms with Gasteiger partial charge < -0.3 is 19.5 Å². The van der Waals surface area contributed by atoms with Crippen LogP contribution in [0.4, 0.5) is 0 Å². The van der Waals surface area contributed by atoms with Gasteiger partial charge in [-0.2, -0.15) is 0 Å². The van der Waals surface area contributed by atoms with Crippen LogP contribution in [0.3, 0.4) is 0 Å². The van der Waals surface area contributed by atoms with Crippen molar-refractivity contribution >= 4 is 35.9 Å². The van der Waals surface area contributed by atoms with Crippen molar-refractivity contribution in [3.05, 3.63) is 11.6 Å². The molecular formula is C19H33IN6O2. The number of nitrogens with one attached hydrogen (secondary N) is 1. The second-order valence-electron chi connectivity index (χ2n) is 7.18. The van der Waals surface area contributed by atoms with Crippen molar-refractivity contribution < 1.29 is 9.53 Å². The minimum absolute atomic E-state index is 0. The number of ether oxygens (including phenoxy) is 1. The number of halogens is 1. The summed E-state index contributed by atoms with van der Waals surface area (Å²) in [5, 5.41) is 12.1. The van der Waals surface area contributed by atoms with E-state index in [1.54, 1.807) is 0 Å². The number of piperidine rings is 1. The summed E-state index contributed by atoms with van der Waals surface area (Å²) >= 11 is 0. The Bertz CT molecular complexity index is 655. The fourth-order valence-corrected chi connectivity index (χ4v) is 3.82. The lowest BCUT2D eigenvalue weighted by Gasteiger charge is -2.33. The molecule has 2 aliphatic heterocycles. The summed E-state index contributed by atoms with van der Waals surface area (Å²) in [4.78, 5) is 19.0. The van der Waals surface area contributed by atoms with E-state index in [0.717, 1.165) is 63.0 Å². The highest BCUT2D eigenvalue weighted by molar-refractivity contribution is 14.0. The number of hydrogen-bond acceptors (Lipinski definition) is 5. The molecule has 1 saturated heterocycles. The van der Waals surface area contributed by atoms with Crippen molar-refractivity contribution in [2.24, 2.45) is 10.9 Å². The molecule has 1 N–H and O–H groups in total. The van der Waals surface area contributed by atoms with Gasteiger partial charge in [-0.15, -0.1) is 34.2 Å². The van der Waals surface area contributed by atoms with Gasteiger partial charge in [-0.1, -0.05) is 6.42 Å². The molecule has 0 aromatic carbocycles. The van der Waals surface area contributed by atoms with Gasteiger partial charge in [0.05, 0.1) is 12.5 Å². The Morgan fingerprint density at radius 1 is 1.18 bits per heavy atom. The summed E-state index contributed by atoms with van der Waals surface area (Å²) in [6.07, 6.45) is 6.26. The van der Waals surface area contributed by atoms with Crippen LogP contribution in [0.1, 0.15) is 57.6 Å². The van der Waals surface area contributed by atoms with E-state index in [4.69, 9.17) is 9.73 Å². The van der Waals surface area contributed by atoms with Crippen LogP contribution in [0, 0.1) is 5.92 Å². The maximum atomic E-state index is 11.9. The van der Waals surface area contributed by atoms with E-state index >= 15 is 0 Å². The molecule has 0 spiro atoms. The van der Waals surface area contributed by atoms with Gasteiger partial charge in [0.25, 0.3) is 0 Å². The van der Waals surface area contributed by atoms with Crippen LogP contribution >= 0.6 is 24.0 Å². The van der Waals surface area contributed by atoms with Crippen molar-refractivity contribution in [1.29, 1.82) is 0 Å². The number of likely N-dealkylation sites (tertiary alicyclic amines) is 1. The van der Waals surface area contributed by atoms with Crippen LogP contribution < -0.4 is 5.32 Å². The summed E-state index contributed by atoms with van der Waals surface area (Å²) in [5.74, 6) is 2.88. The molecule has 1 aromatic rings. The minimum atomic E-state index is -0.0646. The SMILES string of the molecule is CCNC(=NCc1nnc2n1CCCCC2)N1CCC(C(=O)OCC)CC1.I. The third-order valence-corrected chi connectivity index (χ3v) is 5.31. The molecule has 28 heavy (non-hydrogen) atoms. The first-order chi connectivity index (χ1) is 13.2. The molecule has 8 nitrogen and oxygen atoms in total. The number of aliphatic imine (C=N–C) groups is 1. The second kappa shape index (κ2) is 11.6. The highest BCUT2D eigenvalue weighted by atomic mass is 127. The fraction of sp³-hybridized carbons (Fsp3) is 0.789. The van der Waals surface area contributed by atoms with Gasteiger partial charge in [0, 0.05) is 32.6 Å². The van der Waals surface area contributed by atoms with Crippen molar-refractivity contribution in [2.75, 3.05) is 26.2 Å². The van der Waals surface area contributed by atoms with E-state index in [-0.39, 0.29) is 35.9 Å². The van der Waals surface area contributed by atoms with Gasteiger partial charge in [0.15, 0.2) is 11.8 Å². The van der Waals surface area contributed by atoms with E-state index in [9.17, 15) is 4.79 Å². The second-order valence-corrected chi connectivity index (χ2v) is 7.18. The average molecular weight is 504 g/mol. The Hall–Kier alpha value is -1.39. The predicted octanol–water partition coefficient (Wildman–Crippen LogP) is 2.36. The lowest BCUT2D eigenvalue weighted by atomic mass is 9.97. The number of rotatable bonds is 5.